The van der Waals surface area contributed by atoms with Crippen molar-refractivity contribution in [2.75, 3.05) is 16.8 Å². The van der Waals surface area contributed by atoms with E-state index in [1.54, 1.807) is 0 Å². The minimum Gasteiger partial charge on any atom is -0.359 e. The zero-order valence-corrected chi connectivity index (χ0v) is 20.3. The quantitative estimate of drug-likeness (QED) is 0.432. The number of alkyl halides is 3. The Bertz CT molecular complexity index is 1290. The van der Waals surface area contributed by atoms with E-state index in [1.165, 1.54) is 44.0 Å². The number of rotatable bonds is 6. The van der Waals surface area contributed by atoms with Crippen LogP contribution < -0.4 is 15.1 Å². The zero-order chi connectivity index (χ0) is 27.0. The Hall–Kier alpha value is -3.59. The average Bonchev–Trinajstić information content (AvgIpc) is 2.97. The zero-order valence-electron chi connectivity index (χ0n) is 19.5. The second kappa shape index (κ2) is 9.81. The van der Waals surface area contributed by atoms with E-state index in [2.05, 4.69) is 5.32 Å². The summed E-state index contributed by atoms with van der Waals surface area (Å²) in [6, 6.07) is 7.01. The molecule has 12 heteroatoms. The summed E-state index contributed by atoms with van der Waals surface area (Å²) in [6.07, 6.45) is -4.31. The van der Waals surface area contributed by atoms with Crippen molar-refractivity contribution in [2.24, 2.45) is 0 Å². The molecule has 3 rings (SSSR count). The molecule has 0 bridgehead atoms. The average molecular weight is 525 g/mol. The van der Waals surface area contributed by atoms with Gasteiger partial charge in [0.25, 0.3) is 5.91 Å². The number of carbonyl (C=O) groups excluding carboxylic acids is 2. The Morgan fingerprint density at radius 3 is 2.42 bits per heavy atom. The van der Waals surface area contributed by atoms with Gasteiger partial charge in [-0.25, -0.2) is 8.78 Å². The lowest BCUT2D eigenvalue weighted by Crippen LogP contribution is -2.44. The first-order valence-corrected chi connectivity index (χ1v) is 11.1. The number of halogens is 5. The van der Waals surface area contributed by atoms with Crippen LogP contribution in [-0.4, -0.2) is 29.5 Å². The fourth-order valence-corrected chi connectivity index (χ4v) is 4.51. The van der Waals surface area contributed by atoms with E-state index in [4.69, 9.17) is 17.5 Å². The van der Waals surface area contributed by atoms with Crippen LogP contribution in [0.25, 0.3) is 0 Å². The summed E-state index contributed by atoms with van der Waals surface area (Å²) in [7, 11) is 1.50. The summed E-state index contributed by atoms with van der Waals surface area (Å²) < 4.78 is 70.4. The van der Waals surface area contributed by atoms with Gasteiger partial charge in [0.15, 0.2) is 10.9 Å². The maximum absolute atomic E-state index is 15.1. The molecular formula is C24H21F5N4O2S. The van der Waals surface area contributed by atoms with Gasteiger partial charge in [-0.1, -0.05) is 6.07 Å². The molecule has 1 saturated heterocycles. The number of benzene rings is 2. The van der Waals surface area contributed by atoms with Gasteiger partial charge >= 0.3 is 6.18 Å². The maximum Gasteiger partial charge on any atom is 0.420 e. The number of hydrogen-bond donors (Lipinski definition) is 1. The Balaban J connectivity index is 2.00. The monoisotopic (exact) mass is 524 g/mol. The highest BCUT2D eigenvalue weighted by Crippen LogP contribution is 2.42. The highest BCUT2D eigenvalue weighted by molar-refractivity contribution is 7.81. The summed E-state index contributed by atoms with van der Waals surface area (Å²) >= 11 is 5.35. The minimum atomic E-state index is -5.19. The van der Waals surface area contributed by atoms with Gasteiger partial charge in [-0.05, 0) is 68.7 Å². The van der Waals surface area contributed by atoms with Crippen LogP contribution in [0.15, 0.2) is 30.3 Å². The smallest absolute Gasteiger partial charge is 0.359 e. The van der Waals surface area contributed by atoms with Crippen LogP contribution in [0.1, 0.15) is 43.4 Å². The lowest BCUT2D eigenvalue weighted by atomic mass is 10.0. The van der Waals surface area contributed by atoms with Crippen LogP contribution in [-0.2, 0) is 22.2 Å². The van der Waals surface area contributed by atoms with E-state index >= 15 is 4.39 Å². The first-order valence-electron chi connectivity index (χ1n) is 10.7. The van der Waals surface area contributed by atoms with Crippen LogP contribution in [0.5, 0.6) is 0 Å². The number of amides is 2. The molecule has 2 aromatic rings. The van der Waals surface area contributed by atoms with E-state index in [1.807, 2.05) is 0 Å². The minimum absolute atomic E-state index is 0.137. The Kier molecular flexibility index (Phi) is 7.36. The number of anilines is 2. The van der Waals surface area contributed by atoms with Gasteiger partial charge in [-0.2, -0.15) is 18.4 Å². The van der Waals surface area contributed by atoms with Crippen molar-refractivity contribution >= 4 is 40.5 Å². The number of thiocarbonyl (C=S) groups is 1. The second-order valence-electron chi connectivity index (χ2n) is 8.55. The van der Waals surface area contributed by atoms with Gasteiger partial charge < -0.3 is 10.2 Å². The van der Waals surface area contributed by atoms with Crippen LogP contribution in [0.4, 0.5) is 33.3 Å². The second-order valence-corrected chi connectivity index (χ2v) is 8.92. The van der Waals surface area contributed by atoms with Gasteiger partial charge in [0.1, 0.15) is 16.9 Å². The standard InChI is InChI=1S/C24H21F5N4O2S/c1-23(2)21(35)32(17-10-8-14(12-30)19(20(17)26)24(27,28)29)22(36)33(23)15-9-7-13(16(25)11-15)5-4-6-18(34)31-3/h7-11H,4-6H2,1-3H3,(H,31,34). The van der Waals surface area contributed by atoms with Crippen molar-refractivity contribution in [3.63, 3.8) is 0 Å². The van der Waals surface area contributed by atoms with Crippen molar-refractivity contribution < 1.29 is 31.5 Å². The van der Waals surface area contributed by atoms with Crippen molar-refractivity contribution in [3.05, 3.63) is 58.7 Å². The Morgan fingerprint density at radius 1 is 1.19 bits per heavy atom. The van der Waals surface area contributed by atoms with Gasteiger partial charge in [0.05, 0.1) is 17.3 Å². The SMILES string of the molecule is CNC(=O)CCCc1ccc(N2C(=S)N(c3ccc(C#N)c(C(F)(F)F)c3F)C(=O)C2(C)C)cc1F. The lowest BCUT2D eigenvalue weighted by Gasteiger charge is -2.29. The fourth-order valence-electron chi connectivity index (χ4n) is 3.99. The van der Waals surface area contributed by atoms with Crippen molar-refractivity contribution in [3.8, 4) is 6.07 Å². The normalized spacial score (nSPS) is 15.3. The summed E-state index contributed by atoms with van der Waals surface area (Å²) in [5.74, 6) is -3.46. The van der Waals surface area contributed by atoms with E-state index in [0.717, 1.165) is 18.2 Å². The van der Waals surface area contributed by atoms with E-state index in [9.17, 15) is 27.2 Å². The summed E-state index contributed by atoms with van der Waals surface area (Å²) in [5.41, 5.74) is -4.55. The predicted octanol–water partition coefficient (Wildman–Crippen LogP) is 4.84. The molecule has 36 heavy (non-hydrogen) atoms. The van der Waals surface area contributed by atoms with E-state index < -0.39 is 46.1 Å². The topological polar surface area (TPSA) is 76.4 Å². The van der Waals surface area contributed by atoms with Crippen molar-refractivity contribution in [1.82, 2.24) is 5.32 Å². The molecule has 0 spiro atoms. The first-order chi connectivity index (χ1) is 16.7. The molecule has 0 radical (unpaired) electrons. The molecule has 1 aliphatic heterocycles. The molecule has 6 nitrogen and oxygen atoms in total. The number of aryl methyl sites for hydroxylation is 1. The molecule has 1 N–H and O–H groups in total. The van der Waals surface area contributed by atoms with Gasteiger partial charge in [0, 0.05) is 19.2 Å². The van der Waals surface area contributed by atoms with Gasteiger partial charge in [0.2, 0.25) is 5.91 Å². The van der Waals surface area contributed by atoms with Crippen molar-refractivity contribution in [1.29, 1.82) is 5.26 Å². The summed E-state index contributed by atoms with van der Waals surface area (Å²) in [4.78, 5) is 26.4. The highest BCUT2D eigenvalue weighted by Gasteiger charge is 2.52. The third-order valence-electron chi connectivity index (χ3n) is 5.86. The predicted molar refractivity (Wildman–Crippen MR) is 126 cm³/mol. The summed E-state index contributed by atoms with van der Waals surface area (Å²) in [5, 5.41) is 11.1. The Labute approximate surface area is 209 Å². The summed E-state index contributed by atoms with van der Waals surface area (Å²) in [6.45, 7) is 2.84. The van der Waals surface area contributed by atoms with Crippen LogP contribution in [0.2, 0.25) is 0 Å². The maximum atomic E-state index is 15.1. The molecule has 0 aromatic heterocycles. The van der Waals surface area contributed by atoms with Gasteiger partial charge in [-0.15, -0.1) is 0 Å². The fraction of sp³-hybridized carbons (Fsp3) is 0.333. The van der Waals surface area contributed by atoms with Crippen molar-refractivity contribution in [2.45, 2.75) is 44.8 Å². The number of nitrogens with zero attached hydrogens (tertiary/aromatic N) is 3. The molecule has 0 saturated carbocycles. The molecule has 1 fully saturated rings. The third-order valence-corrected chi connectivity index (χ3v) is 6.22. The molecule has 190 valence electrons. The molecule has 1 heterocycles. The molecule has 0 aliphatic carbocycles. The van der Waals surface area contributed by atoms with Gasteiger partial charge in [-0.3, -0.25) is 14.5 Å². The number of carbonyl (C=O) groups is 2. The van der Waals surface area contributed by atoms with Crippen LogP contribution in [0, 0.1) is 23.0 Å². The molecular weight excluding hydrogens is 503 g/mol. The number of hydrogen-bond acceptors (Lipinski definition) is 4. The molecule has 2 amide bonds. The van der Waals surface area contributed by atoms with E-state index in [0.29, 0.717) is 16.9 Å². The number of nitrogens with one attached hydrogen (secondary N) is 1. The molecule has 2 aromatic carbocycles. The van der Waals surface area contributed by atoms with Crippen LogP contribution >= 0.6 is 12.2 Å². The third kappa shape index (κ3) is 4.75. The molecule has 0 unspecified atom stereocenters. The molecule has 1 aliphatic rings. The highest BCUT2D eigenvalue weighted by atomic mass is 32.1. The lowest BCUT2D eigenvalue weighted by molar-refractivity contribution is -0.140. The Morgan fingerprint density at radius 2 is 1.86 bits per heavy atom. The van der Waals surface area contributed by atoms with E-state index in [-0.39, 0.29) is 29.5 Å². The van der Waals surface area contributed by atoms with Crippen LogP contribution in [0.3, 0.4) is 0 Å². The first kappa shape index (κ1) is 27.0. The largest absolute Gasteiger partial charge is 0.420 e. The number of nitriles is 1. The molecule has 0 atom stereocenters.